The molecule has 1 aliphatic heterocycles. The molecule has 1 saturated heterocycles. The van der Waals surface area contributed by atoms with Gasteiger partial charge < -0.3 is 15.0 Å². The Kier molecular flexibility index (Phi) is 5.85. The van der Waals surface area contributed by atoms with E-state index in [1.165, 1.54) is 0 Å². The number of hydrogen-bond acceptors (Lipinski definition) is 2. The van der Waals surface area contributed by atoms with E-state index in [0.717, 1.165) is 43.9 Å². The predicted octanol–water partition coefficient (Wildman–Crippen LogP) is 4.15. The van der Waals surface area contributed by atoms with Gasteiger partial charge in [-0.3, -0.25) is 0 Å². The van der Waals surface area contributed by atoms with E-state index in [2.05, 4.69) is 17.4 Å². The number of para-hydroxylation sites is 1. The maximum atomic E-state index is 12.8. The number of carbonyl (C=O) groups is 1. The zero-order valence-corrected chi connectivity index (χ0v) is 13.9. The second-order valence-electron chi connectivity index (χ2n) is 6.22. The minimum atomic E-state index is -0.0449. The van der Waals surface area contributed by atoms with Crippen LogP contribution in [0.25, 0.3) is 0 Å². The van der Waals surface area contributed by atoms with Crippen molar-refractivity contribution in [1.82, 2.24) is 4.90 Å². The van der Waals surface area contributed by atoms with Gasteiger partial charge in [0.1, 0.15) is 0 Å². The molecule has 0 saturated carbocycles. The van der Waals surface area contributed by atoms with Crippen LogP contribution in [0.1, 0.15) is 18.4 Å². The Hall–Kier alpha value is -2.33. The van der Waals surface area contributed by atoms with Gasteiger partial charge in [0.25, 0.3) is 0 Å². The topological polar surface area (TPSA) is 41.6 Å². The molecule has 4 heteroatoms. The van der Waals surface area contributed by atoms with Gasteiger partial charge in [-0.15, -0.1) is 0 Å². The maximum absolute atomic E-state index is 12.8. The van der Waals surface area contributed by atoms with E-state index in [4.69, 9.17) is 4.74 Å². The van der Waals surface area contributed by atoms with Crippen LogP contribution in [-0.2, 0) is 11.3 Å². The molecular weight excluding hydrogens is 300 g/mol. The quantitative estimate of drug-likeness (QED) is 0.898. The average molecular weight is 324 g/mol. The minimum Gasteiger partial charge on any atom is -0.381 e. The highest BCUT2D eigenvalue weighted by Gasteiger charge is 2.21. The summed E-state index contributed by atoms with van der Waals surface area (Å²) in [5.74, 6) is 0.504. The number of rotatable bonds is 5. The fourth-order valence-electron chi connectivity index (χ4n) is 2.99. The Morgan fingerprint density at radius 2 is 1.62 bits per heavy atom. The monoisotopic (exact) mass is 324 g/mol. The molecule has 1 heterocycles. The highest BCUT2D eigenvalue weighted by molar-refractivity contribution is 5.89. The molecule has 2 aromatic rings. The van der Waals surface area contributed by atoms with Gasteiger partial charge in [-0.05, 0) is 36.5 Å². The van der Waals surface area contributed by atoms with Crippen molar-refractivity contribution in [3.63, 3.8) is 0 Å². The molecule has 0 atom stereocenters. The smallest absolute Gasteiger partial charge is 0.322 e. The van der Waals surface area contributed by atoms with E-state index in [1.807, 2.05) is 53.4 Å². The zero-order valence-electron chi connectivity index (χ0n) is 13.9. The highest BCUT2D eigenvalue weighted by Crippen LogP contribution is 2.18. The van der Waals surface area contributed by atoms with Crippen LogP contribution in [0.4, 0.5) is 10.5 Å². The number of nitrogens with one attached hydrogen (secondary N) is 1. The highest BCUT2D eigenvalue weighted by atomic mass is 16.5. The van der Waals surface area contributed by atoms with Crippen molar-refractivity contribution in [2.24, 2.45) is 5.92 Å². The zero-order chi connectivity index (χ0) is 16.6. The number of carbonyl (C=O) groups excluding carboxylic acids is 1. The van der Waals surface area contributed by atoms with Gasteiger partial charge in [-0.2, -0.15) is 0 Å². The normalized spacial score (nSPS) is 15.0. The van der Waals surface area contributed by atoms with E-state index in [-0.39, 0.29) is 6.03 Å². The van der Waals surface area contributed by atoms with Gasteiger partial charge in [0.2, 0.25) is 0 Å². The molecule has 1 N–H and O–H groups in total. The molecule has 1 aliphatic rings. The van der Waals surface area contributed by atoms with Gasteiger partial charge >= 0.3 is 6.03 Å². The summed E-state index contributed by atoms with van der Waals surface area (Å²) in [6.07, 6.45) is 2.04. The van der Waals surface area contributed by atoms with E-state index >= 15 is 0 Å². The van der Waals surface area contributed by atoms with Crippen LogP contribution in [0.3, 0.4) is 0 Å². The van der Waals surface area contributed by atoms with Gasteiger partial charge in [0.15, 0.2) is 0 Å². The molecule has 0 aliphatic carbocycles. The standard InChI is InChI=1S/C20H24N2O2/c23-20(21-19-9-5-2-6-10-19)22(15-17-7-3-1-4-8-17)16-18-11-13-24-14-12-18/h1-10,18H,11-16H2,(H,21,23). The summed E-state index contributed by atoms with van der Waals surface area (Å²) in [6, 6.07) is 19.7. The molecule has 0 bridgehead atoms. The van der Waals surface area contributed by atoms with Gasteiger partial charge in [0, 0.05) is 32.0 Å². The molecule has 1 fully saturated rings. The Morgan fingerprint density at radius 1 is 1.00 bits per heavy atom. The first-order valence-electron chi connectivity index (χ1n) is 8.54. The Bertz CT molecular complexity index is 625. The van der Waals surface area contributed by atoms with Gasteiger partial charge in [-0.25, -0.2) is 4.79 Å². The van der Waals surface area contributed by atoms with E-state index < -0.39 is 0 Å². The van der Waals surface area contributed by atoms with Crippen LogP contribution < -0.4 is 5.32 Å². The van der Waals surface area contributed by atoms with Gasteiger partial charge in [-0.1, -0.05) is 48.5 Å². The third-order valence-electron chi connectivity index (χ3n) is 4.35. The minimum absolute atomic E-state index is 0.0449. The summed E-state index contributed by atoms with van der Waals surface area (Å²) in [6.45, 7) is 2.97. The van der Waals surface area contributed by atoms with Crippen LogP contribution in [0.2, 0.25) is 0 Å². The molecule has 0 radical (unpaired) electrons. The van der Waals surface area contributed by atoms with Crippen molar-refractivity contribution in [2.45, 2.75) is 19.4 Å². The van der Waals surface area contributed by atoms with Crippen LogP contribution >= 0.6 is 0 Å². The van der Waals surface area contributed by atoms with Crippen molar-refractivity contribution in [2.75, 3.05) is 25.1 Å². The second kappa shape index (κ2) is 8.50. The molecule has 4 nitrogen and oxygen atoms in total. The lowest BCUT2D eigenvalue weighted by molar-refractivity contribution is 0.0564. The lowest BCUT2D eigenvalue weighted by Gasteiger charge is -2.30. The summed E-state index contributed by atoms with van der Waals surface area (Å²) in [5, 5.41) is 3.01. The molecule has 0 aromatic heterocycles. The first kappa shape index (κ1) is 16.5. The first-order chi connectivity index (χ1) is 11.8. The molecule has 0 spiro atoms. The van der Waals surface area contributed by atoms with Crippen molar-refractivity contribution in [3.05, 3.63) is 66.2 Å². The number of amides is 2. The number of nitrogens with zero attached hydrogens (tertiary/aromatic N) is 1. The Morgan fingerprint density at radius 3 is 2.29 bits per heavy atom. The van der Waals surface area contributed by atoms with Crippen LogP contribution in [-0.4, -0.2) is 30.7 Å². The summed E-state index contributed by atoms with van der Waals surface area (Å²) in [7, 11) is 0. The number of anilines is 1. The maximum Gasteiger partial charge on any atom is 0.322 e. The summed E-state index contributed by atoms with van der Waals surface area (Å²) in [5.41, 5.74) is 1.97. The molecule has 2 amide bonds. The van der Waals surface area contributed by atoms with Gasteiger partial charge in [0.05, 0.1) is 0 Å². The molecule has 2 aromatic carbocycles. The fourth-order valence-corrected chi connectivity index (χ4v) is 2.99. The van der Waals surface area contributed by atoms with Crippen molar-refractivity contribution in [3.8, 4) is 0 Å². The average Bonchev–Trinajstić information content (AvgIpc) is 2.64. The SMILES string of the molecule is O=C(Nc1ccccc1)N(Cc1ccccc1)CC1CCOCC1. The van der Waals surface area contributed by atoms with Crippen molar-refractivity contribution in [1.29, 1.82) is 0 Å². The lowest BCUT2D eigenvalue weighted by Crippen LogP contribution is -2.39. The predicted molar refractivity (Wildman–Crippen MR) is 95.9 cm³/mol. The van der Waals surface area contributed by atoms with Crippen LogP contribution in [0.5, 0.6) is 0 Å². The fraction of sp³-hybridized carbons (Fsp3) is 0.350. The third kappa shape index (κ3) is 4.83. The molecular formula is C20H24N2O2. The number of benzene rings is 2. The van der Waals surface area contributed by atoms with Crippen molar-refractivity contribution >= 4 is 11.7 Å². The first-order valence-corrected chi connectivity index (χ1v) is 8.54. The largest absolute Gasteiger partial charge is 0.381 e. The summed E-state index contributed by atoms with van der Waals surface area (Å²) in [4.78, 5) is 14.7. The lowest BCUT2D eigenvalue weighted by atomic mass is 9.99. The third-order valence-corrected chi connectivity index (χ3v) is 4.35. The van der Waals surface area contributed by atoms with E-state index in [0.29, 0.717) is 12.5 Å². The Balaban J connectivity index is 1.69. The van der Waals surface area contributed by atoms with Crippen LogP contribution in [0, 0.1) is 5.92 Å². The van der Waals surface area contributed by atoms with Crippen LogP contribution in [0.15, 0.2) is 60.7 Å². The Labute approximate surface area is 143 Å². The summed E-state index contributed by atoms with van der Waals surface area (Å²) >= 11 is 0. The van der Waals surface area contributed by atoms with Crippen molar-refractivity contribution < 1.29 is 9.53 Å². The van der Waals surface area contributed by atoms with E-state index in [1.54, 1.807) is 0 Å². The number of urea groups is 1. The van der Waals surface area contributed by atoms with E-state index in [9.17, 15) is 4.79 Å². The number of hydrogen-bond donors (Lipinski definition) is 1. The molecule has 126 valence electrons. The summed E-state index contributed by atoms with van der Waals surface area (Å²) < 4.78 is 5.44. The molecule has 0 unspecified atom stereocenters. The molecule has 3 rings (SSSR count). The second-order valence-corrected chi connectivity index (χ2v) is 6.22. The number of ether oxygens (including phenoxy) is 1. The molecule has 24 heavy (non-hydrogen) atoms.